The molecule has 2 aliphatic heterocycles. The number of rotatable bonds is 1. The van der Waals surface area contributed by atoms with E-state index in [2.05, 4.69) is 6.07 Å². The Labute approximate surface area is 155 Å². The topological polar surface area (TPSA) is 42.3 Å². The molecule has 1 aromatic carbocycles. The van der Waals surface area contributed by atoms with Gasteiger partial charge in [-0.25, -0.2) is 0 Å². The highest BCUT2D eigenvalue weighted by molar-refractivity contribution is 7.19. The van der Waals surface area contributed by atoms with Gasteiger partial charge in [0.15, 0.2) is 0 Å². The number of pyridine rings is 1. The Kier molecular flexibility index (Phi) is 3.54. The van der Waals surface area contributed by atoms with Crippen molar-refractivity contribution in [3.05, 3.63) is 69.0 Å². The van der Waals surface area contributed by atoms with Crippen LogP contribution in [0.15, 0.2) is 47.3 Å². The van der Waals surface area contributed by atoms with Crippen LogP contribution in [0.3, 0.4) is 0 Å². The number of aromatic nitrogens is 1. The minimum atomic E-state index is 0.0802. The summed E-state index contributed by atoms with van der Waals surface area (Å²) >= 11 is 1.69. The molecule has 26 heavy (non-hydrogen) atoms. The molecule has 4 heterocycles. The number of benzene rings is 1. The van der Waals surface area contributed by atoms with Gasteiger partial charge in [0.2, 0.25) is 0 Å². The summed E-state index contributed by atoms with van der Waals surface area (Å²) in [7, 11) is 0. The smallest absolute Gasteiger partial charge is 0.255 e. The zero-order valence-corrected chi connectivity index (χ0v) is 15.5. The second-order valence-corrected chi connectivity index (χ2v) is 8.69. The number of carbonyl (C=O) groups excluding carboxylic acids is 1. The zero-order chi connectivity index (χ0) is 17.8. The van der Waals surface area contributed by atoms with Gasteiger partial charge in [-0.1, -0.05) is 24.3 Å². The van der Waals surface area contributed by atoms with Crippen molar-refractivity contribution in [3.8, 4) is 0 Å². The van der Waals surface area contributed by atoms with E-state index < -0.39 is 0 Å². The normalized spacial score (nSPS) is 21.7. The van der Waals surface area contributed by atoms with Crippen LogP contribution >= 0.6 is 11.3 Å². The van der Waals surface area contributed by atoms with Crippen molar-refractivity contribution in [1.82, 2.24) is 9.47 Å². The Morgan fingerprint density at radius 1 is 1.08 bits per heavy atom. The van der Waals surface area contributed by atoms with E-state index in [1.807, 2.05) is 46.7 Å². The first-order chi connectivity index (χ1) is 12.6. The third-order valence-electron chi connectivity index (χ3n) is 5.75. The van der Waals surface area contributed by atoms with Gasteiger partial charge in [-0.3, -0.25) is 9.59 Å². The molecule has 5 heteroatoms. The highest BCUT2D eigenvalue weighted by atomic mass is 32.1. The molecule has 3 aromatic rings. The predicted octanol–water partition coefficient (Wildman–Crippen LogP) is 3.63. The maximum atomic E-state index is 13.4. The fourth-order valence-corrected chi connectivity index (χ4v) is 5.71. The van der Waals surface area contributed by atoms with Gasteiger partial charge in [-0.05, 0) is 31.4 Å². The van der Waals surface area contributed by atoms with Gasteiger partial charge in [0.05, 0.1) is 5.56 Å². The number of amides is 1. The Morgan fingerprint density at radius 3 is 2.81 bits per heavy atom. The first-order valence-electron chi connectivity index (χ1n) is 9.09. The molecule has 2 bridgehead atoms. The molecule has 4 nitrogen and oxygen atoms in total. The van der Waals surface area contributed by atoms with Gasteiger partial charge in [0, 0.05) is 52.3 Å². The van der Waals surface area contributed by atoms with Crippen LogP contribution in [0.2, 0.25) is 0 Å². The van der Waals surface area contributed by atoms with Crippen LogP contribution < -0.4 is 5.56 Å². The lowest BCUT2D eigenvalue weighted by Gasteiger charge is -2.42. The number of thiophene rings is 1. The van der Waals surface area contributed by atoms with E-state index in [0.717, 1.165) is 41.0 Å². The standard InChI is InChI=1S/C21H20N2O2S/c1-13-20(16-5-2-3-7-18(16)26-13)21(25)22-10-14-9-15(12-22)17-6-4-8-19(24)23(17)11-14/h2-8,14-15H,9-12H2,1H3/t14-,15+/m0/s1. The Bertz CT molecular complexity index is 1080. The van der Waals surface area contributed by atoms with Gasteiger partial charge < -0.3 is 9.47 Å². The number of piperidine rings is 1. The van der Waals surface area contributed by atoms with E-state index in [0.29, 0.717) is 12.5 Å². The fourth-order valence-electron chi connectivity index (χ4n) is 4.65. The van der Waals surface area contributed by atoms with Crippen LogP contribution in [0.4, 0.5) is 0 Å². The molecule has 2 aromatic heterocycles. The molecule has 2 atom stereocenters. The molecule has 0 aliphatic carbocycles. The van der Waals surface area contributed by atoms with Crippen LogP contribution in [0.25, 0.3) is 10.1 Å². The average Bonchev–Trinajstić information content (AvgIpc) is 2.97. The number of aryl methyl sites for hydroxylation is 1. The summed E-state index contributed by atoms with van der Waals surface area (Å²) in [5.41, 5.74) is 2.02. The lowest BCUT2D eigenvalue weighted by Crippen LogP contribution is -2.49. The number of hydrogen-bond acceptors (Lipinski definition) is 3. The highest BCUT2D eigenvalue weighted by Crippen LogP contribution is 2.37. The Morgan fingerprint density at radius 2 is 1.92 bits per heavy atom. The molecule has 132 valence electrons. The van der Waals surface area contributed by atoms with Crippen molar-refractivity contribution in [2.45, 2.75) is 25.8 Å². The average molecular weight is 364 g/mol. The van der Waals surface area contributed by atoms with Crippen molar-refractivity contribution in [1.29, 1.82) is 0 Å². The van der Waals surface area contributed by atoms with E-state index in [-0.39, 0.29) is 17.4 Å². The van der Waals surface area contributed by atoms with Crippen molar-refractivity contribution in [2.75, 3.05) is 13.1 Å². The number of carbonyl (C=O) groups is 1. The first kappa shape index (κ1) is 15.8. The summed E-state index contributed by atoms with van der Waals surface area (Å²) in [6, 6.07) is 13.7. The Balaban J connectivity index is 1.52. The number of hydrogen-bond donors (Lipinski definition) is 0. The zero-order valence-electron chi connectivity index (χ0n) is 14.6. The molecule has 1 saturated heterocycles. The third kappa shape index (κ3) is 2.34. The molecule has 0 saturated carbocycles. The van der Waals surface area contributed by atoms with Crippen LogP contribution in [0.5, 0.6) is 0 Å². The van der Waals surface area contributed by atoms with Crippen molar-refractivity contribution >= 4 is 27.3 Å². The van der Waals surface area contributed by atoms with Gasteiger partial charge in [-0.2, -0.15) is 0 Å². The number of fused-ring (bicyclic) bond motifs is 5. The Hall–Kier alpha value is -2.40. The van der Waals surface area contributed by atoms with E-state index in [1.165, 1.54) is 4.70 Å². The molecule has 2 aliphatic rings. The summed E-state index contributed by atoms with van der Waals surface area (Å²) in [5.74, 6) is 0.752. The first-order valence-corrected chi connectivity index (χ1v) is 9.90. The summed E-state index contributed by atoms with van der Waals surface area (Å²) < 4.78 is 3.08. The molecular weight excluding hydrogens is 344 g/mol. The summed E-state index contributed by atoms with van der Waals surface area (Å²) in [6.45, 7) is 4.19. The van der Waals surface area contributed by atoms with Crippen LogP contribution in [0.1, 0.15) is 33.3 Å². The third-order valence-corrected chi connectivity index (χ3v) is 6.84. The second-order valence-electron chi connectivity index (χ2n) is 7.44. The van der Waals surface area contributed by atoms with E-state index in [1.54, 1.807) is 17.4 Å². The van der Waals surface area contributed by atoms with E-state index in [4.69, 9.17) is 0 Å². The van der Waals surface area contributed by atoms with Crippen molar-refractivity contribution < 1.29 is 4.79 Å². The van der Waals surface area contributed by atoms with Gasteiger partial charge >= 0.3 is 0 Å². The molecule has 1 fully saturated rings. The van der Waals surface area contributed by atoms with Crippen LogP contribution in [-0.4, -0.2) is 28.5 Å². The quantitative estimate of drug-likeness (QED) is 0.662. The van der Waals surface area contributed by atoms with E-state index >= 15 is 0 Å². The predicted molar refractivity (Wildman–Crippen MR) is 104 cm³/mol. The van der Waals surface area contributed by atoms with Crippen molar-refractivity contribution in [3.63, 3.8) is 0 Å². The largest absolute Gasteiger partial charge is 0.338 e. The summed E-state index contributed by atoms with van der Waals surface area (Å²) in [6.07, 6.45) is 1.07. The lowest BCUT2D eigenvalue weighted by atomic mass is 9.83. The molecule has 0 N–H and O–H groups in total. The van der Waals surface area contributed by atoms with E-state index in [9.17, 15) is 9.59 Å². The SMILES string of the molecule is Cc1sc2ccccc2c1C(=O)N1C[C@@H]2C[C@H](C1)c1cccc(=O)n1C2. The van der Waals surface area contributed by atoms with Crippen LogP contribution in [0, 0.1) is 12.8 Å². The minimum absolute atomic E-state index is 0.0802. The summed E-state index contributed by atoms with van der Waals surface area (Å²) in [4.78, 5) is 28.6. The number of nitrogens with zero attached hydrogens (tertiary/aromatic N) is 2. The molecule has 0 radical (unpaired) electrons. The minimum Gasteiger partial charge on any atom is -0.338 e. The van der Waals surface area contributed by atoms with Crippen molar-refractivity contribution in [2.24, 2.45) is 5.92 Å². The second kappa shape index (κ2) is 5.81. The monoisotopic (exact) mass is 364 g/mol. The molecule has 1 amide bonds. The van der Waals surface area contributed by atoms with Gasteiger partial charge in [0.1, 0.15) is 0 Å². The lowest BCUT2D eigenvalue weighted by molar-refractivity contribution is 0.0596. The maximum Gasteiger partial charge on any atom is 0.255 e. The van der Waals surface area contributed by atoms with Gasteiger partial charge in [0.25, 0.3) is 11.5 Å². The highest BCUT2D eigenvalue weighted by Gasteiger charge is 2.37. The maximum absolute atomic E-state index is 13.4. The molecular formula is C21H20N2O2S. The van der Waals surface area contributed by atoms with Crippen LogP contribution in [-0.2, 0) is 6.54 Å². The molecule has 5 rings (SSSR count). The molecule has 0 unspecified atom stereocenters. The summed E-state index contributed by atoms with van der Waals surface area (Å²) in [5, 5.41) is 1.06. The van der Waals surface area contributed by atoms with Gasteiger partial charge in [-0.15, -0.1) is 11.3 Å². The number of likely N-dealkylation sites (tertiary alicyclic amines) is 1. The fraction of sp³-hybridized carbons (Fsp3) is 0.333. The molecule has 0 spiro atoms.